The van der Waals surface area contributed by atoms with Crippen molar-refractivity contribution in [3.63, 3.8) is 0 Å². The minimum Gasteiger partial charge on any atom is -0.469 e. The van der Waals surface area contributed by atoms with Gasteiger partial charge in [-0.25, -0.2) is 4.39 Å². The summed E-state index contributed by atoms with van der Waals surface area (Å²) in [5.41, 5.74) is 0.759. The van der Waals surface area contributed by atoms with E-state index < -0.39 is 0 Å². The third-order valence-electron chi connectivity index (χ3n) is 2.87. The van der Waals surface area contributed by atoms with Gasteiger partial charge in [0, 0.05) is 0 Å². The average molecular weight is 334 g/mol. The van der Waals surface area contributed by atoms with Crippen LogP contribution in [-0.2, 0) is 9.53 Å². The van der Waals surface area contributed by atoms with Crippen molar-refractivity contribution in [2.75, 3.05) is 7.11 Å². The van der Waals surface area contributed by atoms with Gasteiger partial charge in [-0.05, 0) is 53.0 Å². The lowest BCUT2D eigenvalue weighted by molar-refractivity contribution is -0.143. The van der Waals surface area contributed by atoms with Crippen molar-refractivity contribution in [2.24, 2.45) is 5.92 Å². The summed E-state index contributed by atoms with van der Waals surface area (Å²) in [6, 6.07) is 4.86. The number of methoxy groups -OCH3 is 1. The largest absolute Gasteiger partial charge is 0.469 e. The highest BCUT2D eigenvalue weighted by molar-refractivity contribution is 14.1. The van der Waals surface area contributed by atoms with Gasteiger partial charge in [0.2, 0.25) is 0 Å². The second kappa shape index (κ2) is 4.69. The van der Waals surface area contributed by atoms with Crippen LogP contribution in [0.5, 0.6) is 0 Å². The molecule has 1 fully saturated rings. The standard InChI is InChI=1S/C12H12FIO2/c1-16-12(15)10(7-5-6-7)8-3-2-4-9(13)11(8)14/h2-4,7,10H,5-6H2,1H3. The molecule has 1 atom stereocenters. The number of ether oxygens (including phenoxy) is 1. The fourth-order valence-corrected chi connectivity index (χ4v) is 2.59. The van der Waals surface area contributed by atoms with Gasteiger partial charge in [-0.1, -0.05) is 12.1 Å². The van der Waals surface area contributed by atoms with Crippen LogP contribution in [0.4, 0.5) is 4.39 Å². The third-order valence-corrected chi connectivity index (χ3v) is 4.00. The Balaban J connectivity index is 2.38. The molecule has 0 spiro atoms. The Bertz CT molecular complexity index is 415. The van der Waals surface area contributed by atoms with Crippen molar-refractivity contribution >= 4 is 28.6 Å². The first-order valence-corrected chi connectivity index (χ1v) is 6.24. The lowest BCUT2D eigenvalue weighted by Gasteiger charge is -2.15. The van der Waals surface area contributed by atoms with E-state index in [2.05, 4.69) is 0 Å². The van der Waals surface area contributed by atoms with Crippen molar-refractivity contribution in [2.45, 2.75) is 18.8 Å². The molecule has 0 saturated heterocycles. The highest BCUT2D eigenvalue weighted by Gasteiger charge is 2.39. The molecule has 1 aromatic carbocycles. The SMILES string of the molecule is COC(=O)C(c1cccc(F)c1I)C1CC1. The van der Waals surface area contributed by atoms with Crippen molar-refractivity contribution < 1.29 is 13.9 Å². The van der Waals surface area contributed by atoms with Crippen molar-refractivity contribution in [3.8, 4) is 0 Å². The monoisotopic (exact) mass is 334 g/mol. The summed E-state index contributed by atoms with van der Waals surface area (Å²) in [5, 5.41) is 0. The Morgan fingerprint density at radius 1 is 1.56 bits per heavy atom. The maximum Gasteiger partial charge on any atom is 0.313 e. The maximum atomic E-state index is 13.4. The van der Waals surface area contributed by atoms with Gasteiger partial charge >= 0.3 is 5.97 Å². The Hall–Kier alpha value is -0.650. The molecule has 2 rings (SSSR count). The van der Waals surface area contributed by atoms with E-state index in [1.807, 2.05) is 28.7 Å². The molecule has 0 N–H and O–H groups in total. The van der Waals surface area contributed by atoms with E-state index in [9.17, 15) is 9.18 Å². The first-order valence-electron chi connectivity index (χ1n) is 5.17. The van der Waals surface area contributed by atoms with Crippen molar-refractivity contribution in [3.05, 3.63) is 33.1 Å². The zero-order valence-corrected chi connectivity index (χ0v) is 11.0. The van der Waals surface area contributed by atoms with E-state index in [0.29, 0.717) is 9.49 Å². The van der Waals surface area contributed by atoms with Crippen LogP contribution in [0.1, 0.15) is 24.3 Å². The first-order chi connectivity index (χ1) is 7.65. The van der Waals surface area contributed by atoms with Crippen LogP contribution in [0.3, 0.4) is 0 Å². The van der Waals surface area contributed by atoms with E-state index in [4.69, 9.17) is 4.74 Å². The molecule has 86 valence electrons. The highest BCUT2D eigenvalue weighted by Crippen LogP contribution is 2.44. The Morgan fingerprint density at radius 2 is 2.25 bits per heavy atom. The van der Waals surface area contributed by atoms with Crippen molar-refractivity contribution in [1.82, 2.24) is 0 Å². The van der Waals surface area contributed by atoms with Crippen LogP contribution in [0, 0.1) is 15.3 Å². The summed E-state index contributed by atoms with van der Waals surface area (Å²) in [6.07, 6.45) is 2.04. The Morgan fingerprint density at radius 3 is 2.81 bits per heavy atom. The third kappa shape index (κ3) is 2.21. The number of hydrogen-bond donors (Lipinski definition) is 0. The lowest BCUT2D eigenvalue weighted by atomic mass is 9.94. The molecule has 0 aromatic heterocycles. The summed E-state index contributed by atoms with van der Waals surface area (Å²) >= 11 is 1.95. The van der Waals surface area contributed by atoms with Gasteiger partial charge in [-0.15, -0.1) is 0 Å². The molecule has 1 saturated carbocycles. The van der Waals surface area contributed by atoms with Crippen LogP contribution >= 0.6 is 22.6 Å². The predicted molar refractivity (Wildman–Crippen MR) is 66.6 cm³/mol. The fraction of sp³-hybridized carbons (Fsp3) is 0.417. The van der Waals surface area contributed by atoms with Gasteiger partial charge in [0.05, 0.1) is 16.6 Å². The van der Waals surface area contributed by atoms with Gasteiger partial charge in [0.1, 0.15) is 5.82 Å². The van der Waals surface area contributed by atoms with Crippen LogP contribution in [-0.4, -0.2) is 13.1 Å². The molecule has 1 aliphatic carbocycles. The van der Waals surface area contributed by atoms with E-state index in [1.165, 1.54) is 13.2 Å². The van der Waals surface area contributed by atoms with Crippen LogP contribution < -0.4 is 0 Å². The zero-order valence-electron chi connectivity index (χ0n) is 8.87. The second-order valence-electron chi connectivity index (χ2n) is 3.98. The quantitative estimate of drug-likeness (QED) is 0.627. The molecular formula is C12H12FIO2. The zero-order chi connectivity index (χ0) is 11.7. The number of rotatable bonds is 3. The molecule has 1 aromatic rings. The summed E-state index contributed by atoms with van der Waals surface area (Å²) in [4.78, 5) is 11.7. The predicted octanol–water partition coefficient (Wildman–Crippen LogP) is 3.10. The number of benzene rings is 1. The Kier molecular flexibility index (Phi) is 3.47. The van der Waals surface area contributed by atoms with E-state index in [1.54, 1.807) is 6.07 Å². The van der Waals surface area contributed by atoms with E-state index in [-0.39, 0.29) is 17.7 Å². The summed E-state index contributed by atoms with van der Waals surface area (Å²) in [5.74, 6) is -0.506. The topological polar surface area (TPSA) is 26.3 Å². The average Bonchev–Trinajstić information content (AvgIpc) is 3.08. The van der Waals surface area contributed by atoms with Gasteiger partial charge in [0.15, 0.2) is 0 Å². The molecule has 1 aliphatic rings. The smallest absolute Gasteiger partial charge is 0.313 e. The van der Waals surface area contributed by atoms with Gasteiger partial charge in [0.25, 0.3) is 0 Å². The van der Waals surface area contributed by atoms with Gasteiger partial charge in [-0.3, -0.25) is 4.79 Å². The van der Waals surface area contributed by atoms with Gasteiger partial charge < -0.3 is 4.74 Å². The molecule has 2 nitrogen and oxygen atoms in total. The molecule has 1 unspecified atom stereocenters. The molecule has 0 amide bonds. The summed E-state index contributed by atoms with van der Waals surface area (Å²) in [6.45, 7) is 0. The molecule has 0 heterocycles. The highest BCUT2D eigenvalue weighted by atomic mass is 127. The normalized spacial score (nSPS) is 16.9. The number of esters is 1. The summed E-state index contributed by atoms with van der Waals surface area (Å²) in [7, 11) is 1.38. The van der Waals surface area contributed by atoms with Crippen molar-refractivity contribution in [1.29, 1.82) is 0 Å². The van der Waals surface area contributed by atoms with E-state index >= 15 is 0 Å². The second-order valence-corrected chi connectivity index (χ2v) is 5.06. The fourth-order valence-electron chi connectivity index (χ4n) is 1.89. The van der Waals surface area contributed by atoms with Crippen LogP contribution in [0.15, 0.2) is 18.2 Å². The lowest BCUT2D eigenvalue weighted by Crippen LogP contribution is -2.17. The molecular weight excluding hydrogens is 322 g/mol. The minimum atomic E-state index is -0.299. The number of carbonyl (C=O) groups is 1. The number of halogens is 2. The van der Waals surface area contributed by atoms with Crippen LogP contribution in [0.25, 0.3) is 0 Å². The first kappa shape index (κ1) is 11.8. The number of hydrogen-bond acceptors (Lipinski definition) is 2. The molecule has 0 aliphatic heterocycles. The number of carbonyl (C=O) groups excluding carboxylic acids is 1. The maximum absolute atomic E-state index is 13.4. The van der Waals surface area contributed by atoms with Crippen LogP contribution in [0.2, 0.25) is 0 Å². The molecule has 16 heavy (non-hydrogen) atoms. The molecule has 0 bridgehead atoms. The summed E-state index contributed by atoms with van der Waals surface area (Å²) < 4.78 is 18.8. The minimum absolute atomic E-state index is 0.258. The molecule has 4 heteroatoms. The van der Waals surface area contributed by atoms with Gasteiger partial charge in [-0.2, -0.15) is 0 Å². The Labute approximate surface area is 107 Å². The molecule has 0 radical (unpaired) electrons. The van der Waals surface area contributed by atoms with E-state index in [0.717, 1.165) is 18.4 Å².